The van der Waals surface area contributed by atoms with E-state index in [1.165, 1.54) is 20.2 Å². The SMILES string of the molecule is c1ccc(-c2cc(-c3ccc(-c4cccc5sc6ccccc6c45)c4oc5ccccc5c34)nc(-c3cccc(-c4ccccn4)c3)n2)cc1. The number of fused-ring (bicyclic) bond motifs is 6. The van der Waals surface area contributed by atoms with E-state index in [1.807, 2.05) is 72.1 Å². The number of furan rings is 1. The first-order chi connectivity index (χ1) is 24.8. The molecule has 0 amide bonds. The standard InChI is InChI=1S/C45H27N3OS/c1-2-12-28(13-3-1)37-27-38(48-45(47-37)30-15-10-14-29(26-30)36-19-8-9-25-46-36)33-24-23-32(44-43(33)34-16-4-6-20-39(34)49-44)31-18-11-22-41-42(31)35-17-5-7-21-40(35)50-41/h1-27H. The Balaban J connectivity index is 1.23. The van der Waals surface area contributed by atoms with Crippen LogP contribution in [0.25, 0.3) is 98.4 Å². The molecule has 10 aromatic rings. The van der Waals surface area contributed by atoms with Crippen LogP contribution < -0.4 is 0 Å². The van der Waals surface area contributed by atoms with E-state index in [1.54, 1.807) is 0 Å². The third-order valence-electron chi connectivity index (χ3n) is 9.37. The average Bonchev–Trinajstić information content (AvgIpc) is 3.77. The summed E-state index contributed by atoms with van der Waals surface area (Å²) in [5.41, 5.74) is 10.5. The molecule has 0 fully saturated rings. The summed E-state index contributed by atoms with van der Waals surface area (Å²) in [6, 6.07) is 54.6. The fourth-order valence-corrected chi connectivity index (χ4v) is 8.21. The molecule has 50 heavy (non-hydrogen) atoms. The predicted molar refractivity (Wildman–Crippen MR) is 207 cm³/mol. The Morgan fingerprint density at radius 1 is 0.440 bits per heavy atom. The number of rotatable bonds is 5. The molecule has 4 nitrogen and oxygen atoms in total. The largest absolute Gasteiger partial charge is 0.455 e. The molecule has 0 spiro atoms. The second kappa shape index (κ2) is 11.6. The second-order valence-corrected chi connectivity index (χ2v) is 13.4. The molecular formula is C45H27N3OS. The van der Waals surface area contributed by atoms with Crippen molar-refractivity contribution in [3.05, 3.63) is 164 Å². The van der Waals surface area contributed by atoms with Crippen molar-refractivity contribution >= 4 is 53.4 Å². The third-order valence-corrected chi connectivity index (χ3v) is 10.5. The van der Waals surface area contributed by atoms with Crippen molar-refractivity contribution in [2.45, 2.75) is 0 Å². The zero-order valence-electron chi connectivity index (χ0n) is 26.7. The summed E-state index contributed by atoms with van der Waals surface area (Å²) < 4.78 is 9.33. The minimum atomic E-state index is 0.652. The van der Waals surface area contributed by atoms with Crippen molar-refractivity contribution in [3.8, 4) is 56.3 Å². The molecule has 4 heterocycles. The van der Waals surface area contributed by atoms with Crippen LogP contribution in [0.5, 0.6) is 0 Å². The number of hydrogen-bond donors (Lipinski definition) is 0. The fraction of sp³-hybridized carbons (Fsp3) is 0. The highest BCUT2D eigenvalue weighted by Crippen LogP contribution is 2.46. The number of aromatic nitrogens is 3. The number of thiophene rings is 1. The van der Waals surface area contributed by atoms with Gasteiger partial charge in [0.15, 0.2) is 5.82 Å². The first kappa shape index (κ1) is 28.6. The van der Waals surface area contributed by atoms with E-state index in [9.17, 15) is 0 Å². The molecule has 0 aliphatic heterocycles. The van der Waals surface area contributed by atoms with Gasteiger partial charge in [0.25, 0.3) is 0 Å². The average molecular weight is 658 g/mol. The summed E-state index contributed by atoms with van der Waals surface area (Å²) in [5.74, 6) is 0.652. The summed E-state index contributed by atoms with van der Waals surface area (Å²) in [6.07, 6.45) is 1.82. The van der Waals surface area contributed by atoms with Gasteiger partial charge in [0.2, 0.25) is 0 Å². The van der Waals surface area contributed by atoms with Gasteiger partial charge in [-0.05, 0) is 54.1 Å². The van der Waals surface area contributed by atoms with Crippen LogP contribution >= 0.6 is 11.3 Å². The molecule has 0 saturated heterocycles. The number of benzene rings is 6. The molecule has 6 aromatic carbocycles. The van der Waals surface area contributed by atoms with Gasteiger partial charge in [0.05, 0.1) is 17.1 Å². The zero-order valence-corrected chi connectivity index (χ0v) is 27.6. The molecule has 0 bridgehead atoms. The lowest BCUT2D eigenvalue weighted by Crippen LogP contribution is -1.97. The Bertz CT molecular complexity index is 2870. The first-order valence-corrected chi connectivity index (χ1v) is 17.4. The van der Waals surface area contributed by atoms with Crippen LogP contribution in [0.1, 0.15) is 0 Å². The number of para-hydroxylation sites is 1. The summed E-state index contributed by atoms with van der Waals surface area (Å²) >= 11 is 1.83. The smallest absolute Gasteiger partial charge is 0.160 e. The topological polar surface area (TPSA) is 51.8 Å². The van der Waals surface area contributed by atoms with E-state index in [4.69, 9.17) is 14.4 Å². The van der Waals surface area contributed by atoms with Gasteiger partial charge in [-0.25, -0.2) is 9.97 Å². The lowest BCUT2D eigenvalue weighted by molar-refractivity contribution is 0.670. The number of hydrogen-bond acceptors (Lipinski definition) is 5. The molecule has 0 atom stereocenters. The molecule has 234 valence electrons. The molecule has 0 aliphatic rings. The van der Waals surface area contributed by atoms with Gasteiger partial charge in [-0.1, -0.05) is 109 Å². The van der Waals surface area contributed by atoms with Crippen LogP contribution in [0.15, 0.2) is 168 Å². The molecule has 0 saturated carbocycles. The van der Waals surface area contributed by atoms with Gasteiger partial charge in [0.1, 0.15) is 11.2 Å². The molecule has 0 unspecified atom stereocenters. The monoisotopic (exact) mass is 657 g/mol. The molecule has 4 aromatic heterocycles. The van der Waals surface area contributed by atoms with Crippen LogP contribution in [0.4, 0.5) is 0 Å². The second-order valence-electron chi connectivity index (χ2n) is 12.4. The Morgan fingerprint density at radius 3 is 2.06 bits per heavy atom. The fourth-order valence-electron chi connectivity index (χ4n) is 7.08. The van der Waals surface area contributed by atoms with Crippen molar-refractivity contribution in [2.75, 3.05) is 0 Å². The predicted octanol–water partition coefficient (Wildman–Crippen LogP) is 12.5. The minimum Gasteiger partial charge on any atom is -0.455 e. The van der Waals surface area contributed by atoms with Gasteiger partial charge >= 0.3 is 0 Å². The van der Waals surface area contributed by atoms with E-state index in [2.05, 4.69) is 108 Å². The summed E-state index contributed by atoms with van der Waals surface area (Å²) in [4.78, 5) is 15.0. The minimum absolute atomic E-state index is 0.652. The van der Waals surface area contributed by atoms with Crippen LogP contribution in [-0.4, -0.2) is 15.0 Å². The maximum absolute atomic E-state index is 6.79. The summed E-state index contributed by atoms with van der Waals surface area (Å²) in [7, 11) is 0. The third kappa shape index (κ3) is 4.71. The molecule has 10 rings (SSSR count). The highest BCUT2D eigenvalue weighted by Gasteiger charge is 2.21. The lowest BCUT2D eigenvalue weighted by atomic mass is 9.94. The Labute approximate surface area is 292 Å². The molecule has 0 aliphatic carbocycles. The lowest BCUT2D eigenvalue weighted by Gasteiger charge is -2.13. The van der Waals surface area contributed by atoms with Gasteiger partial charge in [-0.2, -0.15) is 0 Å². The maximum atomic E-state index is 6.79. The van der Waals surface area contributed by atoms with Crippen molar-refractivity contribution in [1.29, 1.82) is 0 Å². The van der Waals surface area contributed by atoms with Gasteiger partial charge in [-0.15, -0.1) is 11.3 Å². The van der Waals surface area contributed by atoms with Gasteiger partial charge in [0, 0.05) is 65.0 Å². The van der Waals surface area contributed by atoms with Gasteiger partial charge < -0.3 is 4.42 Å². The molecule has 0 radical (unpaired) electrons. The van der Waals surface area contributed by atoms with Crippen LogP contribution in [0.3, 0.4) is 0 Å². The maximum Gasteiger partial charge on any atom is 0.160 e. The number of pyridine rings is 1. The quantitative estimate of drug-likeness (QED) is 0.185. The van der Waals surface area contributed by atoms with E-state index in [0.29, 0.717) is 5.82 Å². The Kier molecular flexibility index (Phi) is 6.64. The number of nitrogens with zero attached hydrogens (tertiary/aromatic N) is 3. The van der Waals surface area contributed by atoms with Crippen LogP contribution in [0.2, 0.25) is 0 Å². The van der Waals surface area contributed by atoms with Crippen LogP contribution in [-0.2, 0) is 0 Å². The molecule has 0 N–H and O–H groups in total. The van der Waals surface area contributed by atoms with Crippen molar-refractivity contribution in [1.82, 2.24) is 15.0 Å². The van der Waals surface area contributed by atoms with E-state index >= 15 is 0 Å². The normalized spacial score (nSPS) is 11.6. The van der Waals surface area contributed by atoms with Crippen molar-refractivity contribution < 1.29 is 4.42 Å². The highest BCUT2D eigenvalue weighted by molar-refractivity contribution is 7.25. The Hall–Kier alpha value is -6.43. The first-order valence-electron chi connectivity index (χ1n) is 16.6. The van der Waals surface area contributed by atoms with Crippen molar-refractivity contribution in [2.24, 2.45) is 0 Å². The van der Waals surface area contributed by atoms with Crippen LogP contribution in [0, 0.1) is 0 Å². The highest BCUT2D eigenvalue weighted by atomic mass is 32.1. The zero-order chi connectivity index (χ0) is 33.0. The summed E-state index contributed by atoms with van der Waals surface area (Å²) in [6.45, 7) is 0. The van der Waals surface area contributed by atoms with Crippen molar-refractivity contribution in [3.63, 3.8) is 0 Å². The molecular weight excluding hydrogens is 631 g/mol. The molecule has 5 heteroatoms. The summed E-state index contributed by atoms with van der Waals surface area (Å²) in [5, 5.41) is 4.62. The Morgan fingerprint density at radius 2 is 1.16 bits per heavy atom. The van der Waals surface area contributed by atoms with E-state index in [-0.39, 0.29) is 0 Å². The van der Waals surface area contributed by atoms with E-state index < -0.39 is 0 Å². The van der Waals surface area contributed by atoms with E-state index in [0.717, 1.165) is 72.4 Å². The van der Waals surface area contributed by atoms with Gasteiger partial charge in [-0.3, -0.25) is 4.98 Å².